The lowest BCUT2D eigenvalue weighted by atomic mass is 10.1. The Labute approximate surface area is 114 Å². The normalized spacial score (nSPS) is 19.1. The highest BCUT2D eigenvalue weighted by molar-refractivity contribution is 9.10. The average Bonchev–Trinajstić information content (AvgIpc) is 2.73. The van der Waals surface area contributed by atoms with Crippen LogP contribution in [0.4, 0.5) is 5.69 Å². The second kappa shape index (κ2) is 5.52. The summed E-state index contributed by atoms with van der Waals surface area (Å²) in [5.74, 6) is -0.665. The molecule has 1 aromatic rings. The Hall–Kier alpha value is -1.36. The molecular weight excluding hydrogens is 298 g/mol. The van der Waals surface area contributed by atoms with Gasteiger partial charge in [-0.1, -0.05) is 15.9 Å². The molecule has 0 bridgehead atoms. The van der Waals surface area contributed by atoms with Crippen molar-refractivity contribution in [2.75, 3.05) is 18.1 Å². The monoisotopic (exact) mass is 311 g/mol. The van der Waals surface area contributed by atoms with Crippen LogP contribution in [0.25, 0.3) is 0 Å². The molecule has 0 spiro atoms. The van der Waals surface area contributed by atoms with Crippen LogP contribution >= 0.6 is 15.9 Å². The van der Waals surface area contributed by atoms with E-state index < -0.39 is 0 Å². The zero-order valence-corrected chi connectivity index (χ0v) is 11.6. The van der Waals surface area contributed by atoms with E-state index in [0.29, 0.717) is 13.2 Å². The number of rotatable bonds is 3. The van der Waals surface area contributed by atoms with Crippen molar-refractivity contribution in [2.45, 2.75) is 13.3 Å². The van der Waals surface area contributed by atoms with Crippen molar-refractivity contribution in [1.82, 2.24) is 0 Å². The topological polar surface area (TPSA) is 46.6 Å². The van der Waals surface area contributed by atoms with E-state index in [-0.39, 0.29) is 24.2 Å². The standard InChI is InChI=1S/C13H14BrNO3/c1-2-18-13(17)9-7-12(16)15(8-9)11-5-3-10(14)4-6-11/h3-6,9H,2,7-8H2,1H3/t9-/m1/s1. The summed E-state index contributed by atoms with van der Waals surface area (Å²) in [4.78, 5) is 25.1. The molecule has 0 N–H and O–H groups in total. The summed E-state index contributed by atoms with van der Waals surface area (Å²) in [6.07, 6.45) is 0.231. The molecule has 1 heterocycles. The average molecular weight is 312 g/mol. The molecular formula is C13H14BrNO3. The van der Waals surface area contributed by atoms with Crippen molar-refractivity contribution in [1.29, 1.82) is 0 Å². The number of anilines is 1. The van der Waals surface area contributed by atoms with E-state index in [4.69, 9.17) is 4.74 Å². The molecule has 18 heavy (non-hydrogen) atoms. The number of hydrogen-bond donors (Lipinski definition) is 0. The smallest absolute Gasteiger partial charge is 0.311 e. The van der Waals surface area contributed by atoms with E-state index in [1.54, 1.807) is 11.8 Å². The third-order valence-corrected chi connectivity index (χ3v) is 3.41. The molecule has 5 heteroatoms. The van der Waals surface area contributed by atoms with Gasteiger partial charge in [-0.15, -0.1) is 0 Å². The number of hydrogen-bond acceptors (Lipinski definition) is 3. The van der Waals surface area contributed by atoms with Crippen LogP contribution in [0.15, 0.2) is 28.7 Å². The second-order valence-corrected chi connectivity index (χ2v) is 5.05. The van der Waals surface area contributed by atoms with Gasteiger partial charge in [0.2, 0.25) is 5.91 Å². The molecule has 0 unspecified atom stereocenters. The second-order valence-electron chi connectivity index (χ2n) is 4.13. The predicted octanol–water partition coefficient (Wildman–Crippen LogP) is 2.37. The summed E-state index contributed by atoms with van der Waals surface area (Å²) in [6, 6.07) is 7.46. The van der Waals surface area contributed by atoms with Gasteiger partial charge in [-0.2, -0.15) is 0 Å². The molecule has 0 aromatic heterocycles. The molecule has 1 aromatic carbocycles. The van der Waals surface area contributed by atoms with E-state index in [1.165, 1.54) is 0 Å². The molecule has 2 rings (SSSR count). The SMILES string of the molecule is CCOC(=O)[C@@H]1CC(=O)N(c2ccc(Br)cc2)C1. The number of halogens is 1. The van der Waals surface area contributed by atoms with Crippen LogP contribution in [0.5, 0.6) is 0 Å². The molecule has 1 saturated heterocycles. The summed E-state index contributed by atoms with van der Waals surface area (Å²) < 4.78 is 5.91. The Balaban J connectivity index is 2.10. The summed E-state index contributed by atoms with van der Waals surface area (Å²) in [6.45, 7) is 2.52. The minimum Gasteiger partial charge on any atom is -0.466 e. The third-order valence-electron chi connectivity index (χ3n) is 2.88. The fraction of sp³-hybridized carbons (Fsp3) is 0.385. The minimum atomic E-state index is -0.346. The highest BCUT2D eigenvalue weighted by Gasteiger charge is 2.35. The molecule has 4 nitrogen and oxygen atoms in total. The molecule has 1 amide bonds. The van der Waals surface area contributed by atoms with Gasteiger partial charge in [0.25, 0.3) is 0 Å². The van der Waals surface area contributed by atoms with Gasteiger partial charge >= 0.3 is 5.97 Å². The first-order valence-corrected chi connectivity index (χ1v) is 6.63. The largest absolute Gasteiger partial charge is 0.466 e. The van der Waals surface area contributed by atoms with E-state index in [0.717, 1.165) is 10.2 Å². The lowest BCUT2D eigenvalue weighted by molar-refractivity contribution is -0.147. The molecule has 1 fully saturated rings. The predicted molar refractivity (Wildman–Crippen MR) is 71.2 cm³/mol. The van der Waals surface area contributed by atoms with Crippen LogP contribution in [0.1, 0.15) is 13.3 Å². The van der Waals surface area contributed by atoms with Gasteiger partial charge in [-0.25, -0.2) is 0 Å². The van der Waals surface area contributed by atoms with Crippen molar-refractivity contribution in [3.05, 3.63) is 28.7 Å². The van der Waals surface area contributed by atoms with Gasteiger partial charge in [0.1, 0.15) is 0 Å². The number of benzene rings is 1. The summed E-state index contributed by atoms with van der Waals surface area (Å²) in [5.41, 5.74) is 0.815. The van der Waals surface area contributed by atoms with Crippen LogP contribution in [0.2, 0.25) is 0 Å². The molecule has 0 saturated carbocycles. The van der Waals surface area contributed by atoms with Crippen molar-refractivity contribution < 1.29 is 14.3 Å². The molecule has 1 aliphatic rings. The van der Waals surface area contributed by atoms with Crippen LogP contribution in [-0.4, -0.2) is 25.0 Å². The van der Waals surface area contributed by atoms with E-state index in [2.05, 4.69) is 15.9 Å². The fourth-order valence-corrected chi connectivity index (χ4v) is 2.26. The van der Waals surface area contributed by atoms with Crippen LogP contribution in [0, 0.1) is 5.92 Å². The van der Waals surface area contributed by atoms with Crippen LogP contribution in [-0.2, 0) is 14.3 Å². The summed E-state index contributed by atoms with van der Waals surface area (Å²) >= 11 is 3.35. The highest BCUT2D eigenvalue weighted by Crippen LogP contribution is 2.26. The van der Waals surface area contributed by atoms with Gasteiger partial charge < -0.3 is 9.64 Å². The highest BCUT2D eigenvalue weighted by atomic mass is 79.9. The fourth-order valence-electron chi connectivity index (χ4n) is 2.00. The molecule has 0 aliphatic carbocycles. The molecule has 1 aliphatic heterocycles. The minimum absolute atomic E-state index is 0.0321. The van der Waals surface area contributed by atoms with Crippen molar-refractivity contribution >= 4 is 33.5 Å². The number of ether oxygens (including phenoxy) is 1. The zero-order valence-electron chi connectivity index (χ0n) is 10.1. The maximum atomic E-state index is 11.9. The Bertz CT molecular complexity index is 458. The van der Waals surface area contributed by atoms with Gasteiger partial charge in [0, 0.05) is 23.1 Å². The first kappa shape index (κ1) is 13.1. The maximum absolute atomic E-state index is 11.9. The first-order chi connectivity index (χ1) is 8.61. The molecule has 96 valence electrons. The Morgan fingerprint density at radius 2 is 2.11 bits per heavy atom. The Kier molecular flexibility index (Phi) is 4.01. The van der Waals surface area contributed by atoms with E-state index in [1.807, 2.05) is 24.3 Å². The zero-order chi connectivity index (χ0) is 13.1. The first-order valence-electron chi connectivity index (χ1n) is 5.84. The third kappa shape index (κ3) is 2.72. The van der Waals surface area contributed by atoms with Crippen molar-refractivity contribution in [3.63, 3.8) is 0 Å². The number of esters is 1. The van der Waals surface area contributed by atoms with E-state index in [9.17, 15) is 9.59 Å². The molecule has 0 radical (unpaired) electrons. The number of carbonyl (C=O) groups excluding carboxylic acids is 2. The van der Waals surface area contributed by atoms with Crippen LogP contribution in [0.3, 0.4) is 0 Å². The van der Waals surface area contributed by atoms with Crippen LogP contribution < -0.4 is 4.90 Å². The lowest BCUT2D eigenvalue weighted by Gasteiger charge is -2.16. The number of amides is 1. The number of carbonyl (C=O) groups is 2. The van der Waals surface area contributed by atoms with E-state index >= 15 is 0 Å². The number of nitrogens with zero attached hydrogens (tertiary/aromatic N) is 1. The Morgan fingerprint density at radius 1 is 1.44 bits per heavy atom. The Morgan fingerprint density at radius 3 is 2.72 bits per heavy atom. The van der Waals surface area contributed by atoms with Gasteiger partial charge in [-0.3, -0.25) is 9.59 Å². The molecule has 1 atom stereocenters. The van der Waals surface area contributed by atoms with Gasteiger partial charge in [0.15, 0.2) is 0 Å². The van der Waals surface area contributed by atoms with Gasteiger partial charge in [-0.05, 0) is 31.2 Å². The van der Waals surface area contributed by atoms with Gasteiger partial charge in [0.05, 0.1) is 12.5 Å². The van der Waals surface area contributed by atoms with Crippen molar-refractivity contribution in [2.24, 2.45) is 5.92 Å². The lowest BCUT2D eigenvalue weighted by Crippen LogP contribution is -2.26. The summed E-state index contributed by atoms with van der Waals surface area (Å²) in [7, 11) is 0. The van der Waals surface area contributed by atoms with Crippen molar-refractivity contribution in [3.8, 4) is 0 Å². The summed E-state index contributed by atoms with van der Waals surface area (Å²) in [5, 5.41) is 0. The maximum Gasteiger partial charge on any atom is 0.311 e. The quantitative estimate of drug-likeness (QED) is 0.805.